The van der Waals surface area contributed by atoms with Crippen LogP contribution in [0.4, 0.5) is 0 Å². The number of rotatable bonds is 4. The number of hydrogen-bond acceptors (Lipinski definition) is 1. The predicted molar refractivity (Wildman–Crippen MR) is 83.1 cm³/mol. The van der Waals surface area contributed by atoms with Crippen LogP contribution in [0.3, 0.4) is 0 Å². The molecule has 0 aliphatic carbocycles. The molecule has 100 valence electrons. The largest absolute Gasteiger partial charge is 0.313 e. The fourth-order valence-electron chi connectivity index (χ4n) is 2.12. The summed E-state index contributed by atoms with van der Waals surface area (Å²) < 4.78 is 0. The van der Waals surface area contributed by atoms with Crippen molar-refractivity contribution in [2.45, 2.75) is 19.4 Å². The van der Waals surface area contributed by atoms with E-state index >= 15 is 0 Å². The molecule has 2 rings (SSSR count). The summed E-state index contributed by atoms with van der Waals surface area (Å²) in [6, 6.07) is 14.5. The Kier molecular flexibility index (Phi) is 4.87. The van der Waals surface area contributed by atoms with Crippen LogP contribution in [0.15, 0.2) is 42.5 Å². The summed E-state index contributed by atoms with van der Waals surface area (Å²) in [6.07, 6.45) is 0.886. The van der Waals surface area contributed by atoms with Crippen LogP contribution in [0.25, 0.3) is 0 Å². The summed E-state index contributed by atoms with van der Waals surface area (Å²) in [5.41, 5.74) is 3.59. The van der Waals surface area contributed by atoms with Gasteiger partial charge in [-0.05, 0) is 37.6 Å². The van der Waals surface area contributed by atoms with Crippen LogP contribution in [0.2, 0.25) is 10.0 Å². The Labute approximate surface area is 124 Å². The second kappa shape index (κ2) is 6.42. The first-order valence-corrected chi connectivity index (χ1v) is 7.04. The first-order chi connectivity index (χ1) is 9.11. The topological polar surface area (TPSA) is 12.0 Å². The van der Waals surface area contributed by atoms with Crippen LogP contribution < -0.4 is 5.32 Å². The highest BCUT2D eigenvalue weighted by Gasteiger charge is 2.15. The van der Waals surface area contributed by atoms with Gasteiger partial charge >= 0.3 is 0 Å². The molecule has 0 aliphatic rings. The maximum atomic E-state index is 6.29. The van der Waals surface area contributed by atoms with E-state index in [4.69, 9.17) is 23.2 Å². The lowest BCUT2D eigenvalue weighted by Gasteiger charge is -2.18. The zero-order valence-electron chi connectivity index (χ0n) is 11.1. The second-order valence-corrected chi connectivity index (χ2v) is 5.46. The molecule has 1 atom stereocenters. The average molecular weight is 294 g/mol. The van der Waals surface area contributed by atoms with E-state index in [1.165, 1.54) is 11.1 Å². The molecule has 0 fully saturated rings. The van der Waals surface area contributed by atoms with Gasteiger partial charge < -0.3 is 5.32 Å². The highest BCUT2D eigenvalue weighted by molar-refractivity contribution is 6.42. The predicted octanol–water partition coefficient (Wildman–Crippen LogP) is 4.81. The monoisotopic (exact) mass is 293 g/mol. The van der Waals surface area contributed by atoms with Crippen LogP contribution in [0.1, 0.15) is 22.7 Å². The Balaban J connectivity index is 2.25. The van der Waals surface area contributed by atoms with Crippen molar-refractivity contribution in [3.8, 4) is 0 Å². The fraction of sp³-hybridized carbons (Fsp3) is 0.250. The minimum Gasteiger partial charge on any atom is -0.313 e. The first kappa shape index (κ1) is 14.4. The third-order valence-corrected chi connectivity index (χ3v) is 4.10. The van der Waals surface area contributed by atoms with E-state index in [1.807, 2.05) is 25.2 Å². The van der Waals surface area contributed by atoms with Gasteiger partial charge in [0.1, 0.15) is 0 Å². The standard InChI is InChI=1S/C16H17Cl2N/c1-11-6-8-12(9-7-11)10-15(19-2)13-4-3-5-14(17)16(13)18/h3-9,15,19H,10H2,1-2H3. The minimum atomic E-state index is 0.161. The van der Waals surface area contributed by atoms with Gasteiger partial charge in [-0.3, -0.25) is 0 Å². The Morgan fingerprint density at radius 2 is 1.74 bits per heavy atom. The van der Waals surface area contributed by atoms with Crippen molar-refractivity contribution in [3.05, 3.63) is 69.2 Å². The normalized spacial score (nSPS) is 12.4. The fourth-order valence-corrected chi connectivity index (χ4v) is 2.56. The Morgan fingerprint density at radius 1 is 1.05 bits per heavy atom. The van der Waals surface area contributed by atoms with Crippen LogP contribution in [0, 0.1) is 6.92 Å². The molecule has 0 amide bonds. The van der Waals surface area contributed by atoms with Crippen LogP contribution in [-0.2, 0) is 6.42 Å². The summed E-state index contributed by atoms with van der Waals surface area (Å²) in [5, 5.41) is 4.54. The molecule has 0 aliphatic heterocycles. The molecule has 3 heteroatoms. The van der Waals surface area contributed by atoms with Gasteiger partial charge in [0, 0.05) is 6.04 Å². The van der Waals surface area contributed by atoms with Gasteiger partial charge in [0.05, 0.1) is 10.0 Å². The summed E-state index contributed by atoms with van der Waals surface area (Å²) >= 11 is 12.4. The maximum absolute atomic E-state index is 6.29. The van der Waals surface area contributed by atoms with Crippen molar-refractivity contribution in [3.63, 3.8) is 0 Å². The average Bonchev–Trinajstić information content (AvgIpc) is 2.42. The van der Waals surface area contributed by atoms with Gasteiger partial charge in [-0.25, -0.2) is 0 Å². The number of nitrogens with one attached hydrogen (secondary N) is 1. The van der Waals surface area contributed by atoms with E-state index in [0.29, 0.717) is 10.0 Å². The van der Waals surface area contributed by atoms with Gasteiger partial charge in [0.2, 0.25) is 0 Å². The highest BCUT2D eigenvalue weighted by atomic mass is 35.5. The molecule has 2 aromatic carbocycles. The van der Waals surface area contributed by atoms with Gasteiger partial charge in [-0.1, -0.05) is 65.2 Å². The molecule has 19 heavy (non-hydrogen) atoms. The van der Waals surface area contributed by atoms with Gasteiger partial charge in [-0.15, -0.1) is 0 Å². The molecule has 0 saturated carbocycles. The molecular weight excluding hydrogens is 277 g/mol. The molecule has 0 saturated heterocycles. The molecule has 1 unspecified atom stereocenters. The smallest absolute Gasteiger partial charge is 0.0640 e. The zero-order chi connectivity index (χ0) is 13.8. The first-order valence-electron chi connectivity index (χ1n) is 6.28. The second-order valence-electron chi connectivity index (χ2n) is 4.67. The summed E-state index contributed by atoms with van der Waals surface area (Å²) in [5.74, 6) is 0. The SMILES string of the molecule is CNC(Cc1ccc(C)cc1)c1cccc(Cl)c1Cl. The van der Waals surface area contributed by atoms with Crippen molar-refractivity contribution < 1.29 is 0 Å². The van der Waals surface area contributed by atoms with E-state index < -0.39 is 0 Å². The molecule has 0 aromatic heterocycles. The highest BCUT2D eigenvalue weighted by Crippen LogP contribution is 2.31. The Bertz CT molecular complexity index is 549. The number of hydrogen-bond donors (Lipinski definition) is 1. The number of aryl methyl sites for hydroxylation is 1. The molecular formula is C16H17Cl2N. The van der Waals surface area contributed by atoms with E-state index in [0.717, 1.165) is 12.0 Å². The van der Waals surface area contributed by atoms with Crippen molar-refractivity contribution in [2.24, 2.45) is 0 Å². The van der Waals surface area contributed by atoms with E-state index in [-0.39, 0.29) is 6.04 Å². The minimum absolute atomic E-state index is 0.161. The van der Waals surface area contributed by atoms with Crippen molar-refractivity contribution in [1.82, 2.24) is 5.32 Å². The van der Waals surface area contributed by atoms with Crippen LogP contribution >= 0.6 is 23.2 Å². The Morgan fingerprint density at radius 3 is 2.37 bits per heavy atom. The van der Waals surface area contributed by atoms with E-state index in [1.54, 1.807) is 0 Å². The summed E-state index contributed by atoms with van der Waals surface area (Å²) in [7, 11) is 1.94. The van der Waals surface area contributed by atoms with Crippen LogP contribution in [0.5, 0.6) is 0 Å². The number of halogens is 2. The van der Waals surface area contributed by atoms with Crippen LogP contribution in [-0.4, -0.2) is 7.05 Å². The van der Waals surface area contributed by atoms with Crippen molar-refractivity contribution in [2.75, 3.05) is 7.05 Å². The molecule has 0 radical (unpaired) electrons. The quantitative estimate of drug-likeness (QED) is 0.853. The summed E-state index contributed by atoms with van der Waals surface area (Å²) in [4.78, 5) is 0. The van der Waals surface area contributed by atoms with Gasteiger partial charge in [0.15, 0.2) is 0 Å². The molecule has 1 nitrogen and oxygen atoms in total. The summed E-state index contributed by atoms with van der Waals surface area (Å²) in [6.45, 7) is 2.09. The molecule has 0 bridgehead atoms. The van der Waals surface area contributed by atoms with E-state index in [9.17, 15) is 0 Å². The lowest BCUT2D eigenvalue weighted by molar-refractivity contribution is 0.592. The van der Waals surface area contributed by atoms with Gasteiger partial charge in [-0.2, -0.15) is 0 Å². The molecule has 0 heterocycles. The Hall–Kier alpha value is -1.02. The number of likely N-dealkylation sites (N-methyl/N-ethyl adjacent to an activating group) is 1. The third-order valence-electron chi connectivity index (χ3n) is 3.27. The molecule has 1 N–H and O–H groups in total. The van der Waals surface area contributed by atoms with Crippen molar-refractivity contribution in [1.29, 1.82) is 0 Å². The lowest BCUT2D eigenvalue weighted by atomic mass is 9.98. The zero-order valence-corrected chi connectivity index (χ0v) is 12.6. The molecule has 2 aromatic rings. The van der Waals surface area contributed by atoms with E-state index in [2.05, 4.69) is 36.5 Å². The molecule has 0 spiro atoms. The third kappa shape index (κ3) is 3.50. The van der Waals surface area contributed by atoms with Gasteiger partial charge in [0.25, 0.3) is 0 Å². The maximum Gasteiger partial charge on any atom is 0.0640 e. The lowest BCUT2D eigenvalue weighted by Crippen LogP contribution is -2.19. The van der Waals surface area contributed by atoms with Crippen molar-refractivity contribution >= 4 is 23.2 Å². The number of benzene rings is 2.